The van der Waals surface area contributed by atoms with Crippen LogP contribution in [0.25, 0.3) is 0 Å². The molecule has 0 aliphatic heterocycles. The summed E-state index contributed by atoms with van der Waals surface area (Å²) >= 11 is 6.77. The van der Waals surface area contributed by atoms with Crippen LogP contribution in [0.5, 0.6) is 5.75 Å². The average molecular weight is 548 g/mol. The van der Waals surface area contributed by atoms with E-state index in [9.17, 15) is 8.42 Å². The molecule has 160 valence electrons. The van der Waals surface area contributed by atoms with Crippen LogP contribution in [0.15, 0.2) is 56.3 Å². The lowest BCUT2D eigenvalue weighted by molar-refractivity contribution is 0.348. The van der Waals surface area contributed by atoms with Gasteiger partial charge in [0.05, 0.1) is 22.0 Å². The Balaban J connectivity index is 2.35. The van der Waals surface area contributed by atoms with E-state index in [1.165, 1.54) is 13.2 Å². The van der Waals surface area contributed by atoms with Crippen LogP contribution >= 0.6 is 31.9 Å². The van der Waals surface area contributed by atoms with Gasteiger partial charge in [-0.2, -0.15) is 0 Å². The molecule has 0 saturated heterocycles. The van der Waals surface area contributed by atoms with E-state index in [-0.39, 0.29) is 4.90 Å². The van der Waals surface area contributed by atoms with Crippen LogP contribution in [-0.4, -0.2) is 27.6 Å². The fourth-order valence-corrected chi connectivity index (χ4v) is 6.48. The van der Waals surface area contributed by atoms with E-state index < -0.39 is 15.6 Å². The van der Waals surface area contributed by atoms with Crippen molar-refractivity contribution >= 4 is 47.6 Å². The van der Waals surface area contributed by atoms with Crippen molar-refractivity contribution in [3.63, 3.8) is 0 Å². The first-order valence-electron chi connectivity index (χ1n) is 9.63. The molecule has 2 aromatic carbocycles. The molecule has 29 heavy (non-hydrogen) atoms. The normalized spacial score (nSPS) is 13.7. The largest absolute Gasteiger partial charge is 0.496 e. The van der Waals surface area contributed by atoms with Gasteiger partial charge in [0, 0.05) is 22.8 Å². The summed E-state index contributed by atoms with van der Waals surface area (Å²) in [5, 5.41) is 3.39. The van der Waals surface area contributed by atoms with Crippen LogP contribution < -0.4 is 14.8 Å². The van der Waals surface area contributed by atoms with Gasteiger partial charge >= 0.3 is 0 Å². The van der Waals surface area contributed by atoms with Crippen molar-refractivity contribution in [2.24, 2.45) is 0 Å². The average Bonchev–Trinajstić information content (AvgIpc) is 2.70. The van der Waals surface area contributed by atoms with Crippen molar-refractivity contribution in [1.82, 2.24) is 4.72 Å². The molecule has 8 heteroatoms. The fraction of sp³-hybridized carbons (Fsp3) is 0.429. The number of sulfonamides is 1. The number of benzene rings is 2. The van der Waals surface area contributed by atoms with E-state index in [4.69, 9.17) is 4.74 Å². The molecular weight excluding hydrogens is 520 g/mol. The van der Waals surface area contributed by atoms with Crippen molar-refractivity contribution in [2.75, 3.05) is 19.0 Å². The number of anilines is 1. The highest BCUT2D eigenvalue weighted by Crippen LogP contribution is 2.35. The van der Waals surface area contributed by atoms with Gasteiger partial charge in [0.2, 0.25) is 10.0 Å². The molecule has 0 saturated carbocycles. The predicted molar refractivity (Wildman–Crippen MR) is 126 cm³/mol. The molecule has 2 rings (SSSR count). The van der Waals surface area contributed by atoms with Crippen LogP contribution in [0.3, 0.4) is 0 Å². The third kappa shape index (κ3) is 6.44. The lowest BCUT2D eigenvalue weighted by Gasteiger charge is -2.34. The molecular formula is C21H28Br2N2O3S. The van der Waals surface area contributed by atoms with Crippen molar-refractivity contribution in [3.8, 4) is 5.75 Å². The third-order valence-electron chi connectivity index (χ3n) is 4.94. The summed E-state index contributed by atoms with van der Waals surface area (Å²) in [4.78, 5) is 0.159. The number of nitrogens with one attached hydrogen (secondary N) is 2. The number of hydrogen-bond donors (Lipinski definition) is 2. The topological polar surface area (TPSA) is 67.4 Å². The first kappa shape index (κ1) is 24.2. The third-order valence-corrected chi connectivity index (χ3v) is 8.09. The molecule has 2 aromatic rings. The zero-order valence-electron chi connectivity index (χ0n) is 17.0. The molecule has 0 spiro atoms. The Morgan fingerprint density at radius 3 is 2.34 bits per heavy atom. The van der Waals surface area contributed by atoms with Gasteiger partial charge in [0.25, 0.3) is 0 Å². The highest BCUT2D eigenvalue weighted by Gasteiger charge is 2.34. The first-order chi connectivity index (χ1) is 13.8. The minimum atomic E-state index is -3.78. The van der Waals surface area contributed by atoms with Crippen LogP contribution in [0.1, 0.15) is 39.5 Å². The van der Waals surface area contributed by atoms with Gasteiger partial charge in [0.15, 0.2) is 0 Å². The Hall–Kier alpha value is -1.09. The van der Waals surface area contributed by atoms with E-state index in [0.717, 1.165) is 24.9 Å². The highest BCUT2D eigenvalue weighted by atomic mass is 79.9. The zero-order chi connectivity index (χ0) is 21.5. The van der Waals surface area contributed by atoms with Gasteiger partial charge in [-0.25, -0.2) is 13.1 Å². The molecule has 0 aromatic heterocycles. The van der Waals surface area contributed by atoms with Gasteiger partial charge in [-0.3, -0.25) is 0 Å². The molecule has 0 aliphatic carbocycles. The summed E-state index contributed by atoms with van der Waals surface area (Å²) in [7, 11) is -2.27. The first-order valence-corrected chi connectivity index (χ1v) is 12.7. The summed E-state index contributed by atoms with van der Waals surface area (Å²) in [6, 6.07) is 13.0. The Kier molecular flexibility index (Phi) is 9.00. The van der Waals surface area contributed by atoms with E-state index in [1.54, 1.807) is 6.07 Å². The summed E-state index contributed by atoms with van der Waals surface area (Å²) in [5.74, 6) is 0.464. The van der Waals surface area contributed by atoms with Crippen molar-refractivity contribution in [3.05, 3.63) is 51.4 Å². The minimum absolute atomic E-state index is 0.159. The maximum Gasteiger partial charge on any atom is 0.242 e. The Morgan fingerprint density at radius 2 is 1.76 bits per heavy atom. The van der Waals surface area contributed by atoms with Crippen molar-refractivity contribution < 1.29 is 13.2 Å². The number of unbranched alkanes of at least 4 members (excludes halogenated alkanes) is 1. The lowest BCUT2D eigenvalue weighted by atomic mass is 9.90. The second kappa shape index (κ2) is 10.8. The fourth-order valence-electron chi connectivity index (χ4n) is 3.10. The Labute approximate surface area is 190 Å². The zero-order valence-corrected chi connectivity index (χ0v) is 21.0. The summed E-state index contributed by atoms with van der Waals surface area (Å²) < 4.78 is 36.1. The molecule has 0 bridgehead atoms. The van der Waals surface area contributed by atoms with E-state index >= 15 is 0 Å². The van der Waals surface area contributed by atoms with Gasteiger partial charge in [-0.05, 0) is 62.9 Å². The summed E-state index contributed by atoms with van der Waals surface area (Å²) in [6.07, 6.45) is 3.32. The quantitative estimate of drug-likeness (QED) is 0.365. The number of methoxy groups -OCH3 is 1. The van der Waals surface area contributed by atoms with Crippen LogP contribution in [0.2, 0.25) is 0 Å². The maximum absolute atomic E-state index is 13.3. The summed E-state index contributed by atoms with van der Waals surface area (Å²) in [6.45, 7) is 4.62. The highest BCUT2D eigenvalue weighted by molar-refractivity contribution is 9.11. The lowest BCUT2D eigenvalue weighted by Crippen LogP contribution is -2.52. The maximum atomic E-state index is 13.3. The Morgan fingerprint density at radius 1 is 1.07 bits per heavy atom. The number of hydrogen-bond acceptors (Lipinski definition) is 4. The molecule has 1 unspecified atom stereocenters. The van der Waals surface area contributed by atoms with Crippen LogP contribution in [0, 0.1) is 0 Å². The van der Waals surface area contributed by atoms with Crippen molar-refractivity contribution in [1.29, 1.82) is 0 Å². The van der Waals surface area contributed by atoms with Crippen molar-refractivity contribution in [2.45, 2.75) is 50.0 Å². The molecule has 0 fully saturated rings. The standard InChI is InChI=1S/C21H28Br2N2O3S/c1-4-6-12-21(5-2,15-24-16-10-8-7-9-11-16)25-29(26,27)20-14-19(28-3)17(22)13-18(20)23/h7-11,13-14,24-25H,4-6,12,15H2,1-3H3. The number of halogens is 2. The number of rotatable bonds is 11. The van der Waals surface area contributed by atoms with Crippen LogP contribution in [-0.2, 0) is 10.0 Å². The summed E-state index contributed by atoms with van der Waals surface area (Å²) in [5.41, 5.74) is 0.359. The Bertz CT molecular complexity index is 908. The number of para-hydroxylation sites is 1. The second-order valence-corrected chi connectivity index (χ2v) is 10.3. The van der Waals surface area contributed by atoms with Gasteiger partial charge in [-0.1, -0.05) is 44.9 Å². The van der Waals surface area contributed by atoms with E-state index in [2.05, 4.69) is 48.8 Å². The van der Waals surface area contributed by atoms with E-state index in [0.29, 0.717) is 27.7 Å². The van der Waals surface area contributed by atoms with Gasteiger partial charge < -0.3 is 10.1 Å². The molecule has 0 heterocycles. The number of ether oxygens (including phenoxy) is 1. The molecule has 2 N–H and O–H groups in total. The molecule has 1 atom stereocenters. The van der Waals surface area contributed by atoms with Gasteiger partial charge in [0.1, 0.15) is 5.75 Å². The van der Waals surface area contributed by atoms with Gasteiger partial charge in [-0.15, -0.1) is 0 Å². The molecule has 0 radical (unpaired) electrons. The minimum Gasteiger partial charge on any atom is -0.496 e. The predicted octanol–water partition coefficient (Wildman–Crippen LogP) is 5.95. The van der Waals surface area contributed by atoms with Crippen LogP contribution in [0.4, 0.5) is 5.69 Å². The monoisotopic (exact) mass is 546 g/mol. The van der Waals surface area contributed by atoms with E-state index in [1.807, 2.05) is 37.3 Å². The molecule has 5 nitrogen and oxygen atoms in total. The molecule has 0 aliphatic rings. The smallest absolute Gasteiger partial charge is 0.242 e. The molecule has 0 amide bonds. The second-order valence-electron chi connectivity index (χ2n) is 6.98. The SMILES string of the molecule is CCCCC(CC)(CNc1ccccc1)NS(=O)(=O)c1cc(OC)c(Br)cc1Br.